The molecule has 0 aromatic carbocycles. The van der Waals surface area contributed by atoms with Crippen LogP contribution in [0, 0.1) is 11.3 Å². The van der Waals surface area contributed by atoms with Crippen molar-refractivity contribution in [3.05, 3.63) is 15.4 Å². The lowest BCUT2D eigenvalue weighted by molar-refractivity contribution is -0.126. The molecule has 0 atom stereocenters. The summed E-state index contributed by atoms with van der Waals surface area (Å²) in [6.07, 6.45) is 0.666. The van der Waals surface area contributed by atoms with Crippen LogP contribution in [0.25, 0.3) is 0 Å². The SMILES string of the molecule is COc1sc(C2(C#N)CC(=O)C2)cc1Br. The number of thiophene rings is 1. The van der Waals surface area contributed by atoms with Gasteiger partial charge < -0.3 is 4.74 Å². The van der Waals surface area contributed by atoms with E-state index < -0.39 is 5.41 Å². The van der Waals surface area contributed by atoms with Gasteiger partial charge in [0.15, 0.2) is 5.06 Å². The van der Waals surface area contributed by atoms with E-state index in [2.05, 4.69) is 22.0 Å². The van der Waals surface area contributed by atoms with Crippen LogP contribution in [0.2, 0.25) is 0 Å². The van der Waals surface area contributed by atoms with Crippen LogP contribution in [0.1, 0.15) is 17.7 Å². The fourth-order valence-corrected chi connectivity index (χ4v) is 3.44. The highest BCUT2D eigenvalue weighted by Gasteiger charge is 2.47. The van der Waals surface area contributed by atoms with Gasteiger partial charge in [0, 0.05) is 17.7 Å². The fourth-order valence-electron chi connectivity index (χ4n) is 1.66. The zero-order valence-corrected chi connectivity index (χ0v) is 10.4. The van der Waals surface area contributed by atoms with E-state index in [-0.39, 0.29) is 5.78 Å². The van der Waals surface area contributed by atoms with Gasteiger partial charge >= 0.3 is 0 Å². The molecule has 0 radical (unpaired) electrons. The summed E-state index contributed by atoms with van der Waals surface area (Å²) in [6.45, 7) is 0. The van der Waals surface area contributed by atoms with Crippen LogP contribution in [0.15, 0.2) is 10.5 Å². The first kappa shape index (κ1) is 10.7. The number of methoxy groups -OCH3 is 1. The number of nitrogens with zero attached hydrogens (tertiary/aromatic N) is 1. The number of ketones is 1. The monoisotopic (exact) mass is 285 g/mol. The van der Waals surface area contributed by atoms with Gasteiger partial charge in [-0.25, -0.2) is 0 Å². The minimum absolute atomic E-state index is 0.153. The number of hydrogen-bond acceptors (Lipinski definition) is 4. The summed E-state index contributed by atoms with van der Waals surface area (Å²) in [5, 5.41) is 9.88. The van der Waals surface area contributed by atoms with Crippen molar-refractivity contribution in [3.8, 4) is 11.1 Å². The van der Waals surface area contributed by atoms with Crippen LogP contribution < -0.4 is 4.74 Å². The van der Waals surface area contributed by atoms with Gasteiger partial charge in [-0.1, -0.05) is 0 Å². The maximum Gasteiger partial charge on any atom is 0.188 e. The third-order valence-electron chi connectivity index (χ3n) is 2.52. The van der Waals surface area contributed by atoms with E-state index in [0.29, 0.717) is 12.8 Å². The quantitative estimate of drug-likeness (QED) is 0.839. The summed E-state index contributed by atoms with van der Waals surface area (Å²) in [5.74, 6) is 0.153. The van der Waals surface area contributed by atoms with E-state index in [1.54, 1.807) is 7.11 Å². The summed E-state index contributed by atoms with van der Waals surface area (Å²) >= 11 is 4.78. The third kappa shape index (κ3) is 1.58. The number of carbonyl (C=O) groups excluding carboxylic acids is 1. The van der Waals surface area contributed by atoms with E-state index in [1.807, 2.05) is 6.07 Å². The van der Waals surface area contributed by atoms with Crippen molar-refractivity contribution in [1.82, 2.24) is 0 Å². The van der Waals surface area contributed by atoms with Crippen molar-refractivity contribution >= 4 is 33.0 Å². The number of rotatable bonds is 2. The van der Waals surface area contributed by atoms with Gasteiger partial charge in [0.05, 0.1) is 17.7 Å². The standard InChI is InChI=1S/C10H8BrNO2S/c1-14-9-7(11)2-8(15-9)10(5-12)3-6(13)4-10/h2H,3-4H2,1H3. The van der Waals surface area contributed by atoms with Gasteiger partial charge in [-0.15, -0.1) is 11.3 Å². The Labute approximate surface area is 99.8 Å². The predicted molar refractivity (Wildman–Crippen MR) is 60.1 cm³/mol. The number of Topliss-reactive ketones (excluding diaryl/α,β-unsaturated/α-hetero) is 1. The van der Waals surface area contributed by atoms with Gasteiger partial charge in [-0.3, -0.25) is 4.79 Å². The summed E-state index contributed by atoms with van der Waals surface area (Å²) in [7, 11) is 1.59. The molecule has 15 heavy (non-hydrogen) atoms. The third-order valence-corrected chi connectivity index (χ3v) is 4.68. The molecule has 0 bridgehead atoms. The smallest absolute Gasteiger partial charge is 0.188 e. The first-order valence-corrected chi connectivity index (χ1v) is 5.99. The van der Waals surface area contributed by atoms with Gasteiger partial charge in [0.2, 0.25) is 0 Å². The topological polar surface area (TPSA) is 50.1 Å². The van der Waals surface area contributed by atoms with Gasteiger partial charge in [-0.05, 0) is 22.0 Å². The van der Waals surface area contributed by atoms with E-state index in [1.165, 1.54) is 11.3 Å². The van der Waals surface area contributed by atoms with E-state index >= 15 is 0 Å². The molecular formula is C10H8BrNO2S. The van der Waals surface area contributed by atoms with Gasteiger partial charge in [0.25, 0.3) is 0 Å². The highest BCUT2D eigenvalue weighted by molar-refractivity contribution is 9.10. The molecule has 0 amide bonds. The van der Waals surface area contributed by atoms with Gasteiger partial charge in [0.1, 0.15) is 11.2 Å². The molecule has 0 N–H and O–H groups in total. The zero-order chi connectivity index (χ0) is 11.1. The first-order valence-electron chi connectivity index (χ1n) is 4.38. The lowest BCUT2D eigenvalue weighted by Gasteiger charge is -2.32. The Hall–Kier alpha value is -0.860. The first-order chi connectivity index (χ1) is 7.11. The Morgan fingerprint density at radius 1 is 1.67 bits per heavy atom. The zero-order valence-electron chi connectivity index (χ0n) is 8.04. The Balaban J connectivity index is 2.37. The fraction of sp³-hybridized carbons (Fsp3) is 0.400. The summed E-state index contributed by atoms with van der Waals surface area (Å²) in [6, 6.07) is 4.11. The molecule has 1 aliphatic rings. The van der Waals surface area contributed by atoms with Crippen LogP contribution in [0.3, 0.4) is 0 Å². The van der Waals surface area contributed by atoms with E-state index in [4.69, 9.17) is 10.00 Å². The molecule has 0 unspecified atom stereocenters. The number of halogens is 1. The number of hydrogen-bond donors (Lipinski definition) is 0. The van der Waals surface area contributed by atoms with Crippen molar-refractivity contribution in [1.29, 1.82) is 5.26 Å². The average molecular weight is 286 g/mol. The van der Waals surface area contributed by atoms with Crippen molar-refractivity contribution in [2.75, 3.05) is 7.11 Å². The van der Waals surface area contributed by atoms with Crippen molar-refractivity contribution in [3.63, 3.8) is 0 Å². The summed E-state index contributed by atoms with van der Waals surface area (Å²) < 4.78 is 5.98. The lowest BCUT2D eigenvalue weighted by atomic mass is 9.68. The molecule has 1 fully saturated rings. The van der Waals surface area contributed by atoms with Crippen LogP contribution in [-0.4, -0.2) is 12.9 Å². The average Bonchev–Trinajstić information content (AvgIpc) is 2.54. The molecule has 1 aliphatic carbocycles. The molecule has 1 aromatic heterocycles. The molecule has 1 aromatic rings. The van der Waals surface area contributed by atoms with Crippen molar-refractivity contribution < 1.29 is 9.53 Å². The minimum Gasteiger partial charge on any atom is -0.486 e. The number of ether oxygens (including phenoxy) is 1. The number of carbonyl (C=O) groups is 1. The molecule has 5 heteroatoms. The Morgan fingerprint density at radius 3 is 2.73 bits per heavy atom. The van der Waals surface area contributed by atoms with Gasteiger partial charge in [-0.2, -0.15) is 5.26 Å². The normalized spacial score (nSPS) is 18.1. The summed E-state index contributed by atoms with van der Waals surface area (Å²) in [5.41, 5.74) is -0.596. The molecule has 1 saturated carbocycles. The molecule has 0 aliphatic heterocycles. The second-order valence-electron chi connectivity index (χ2n) is 3.54. The van der Waals surface area contributed by atoms with Crippen molar-refractivity contribution in [2.24, 2.45) is 0 Å². The maximum atomic E-state index is 11.0. The second kappa shape index (κ2) is 3.62. The molecule has 1 heterocycles. The molecule has 0 saturated heterocycles. The Morgan fingerprint density at radius 2 is 2.33 bits per heavy atom. The Kier molecular flexibility index (Phi) is 2.57. The largest absolute Gasteiger partial charge is 0.486 e. The minimum atomic E-state index is -0.596. The highest BCUT2D eigenvalue weighted by atomic mass is 79.9. The highest BCUT2D eigenvalue weighted by Crippen LogP contribution is 2.48. The predicted octanol–water partition coefficient (Wildman–Crippen LogP) is 2.64. The lowest BCUT2D eigenvalue weighted by Crippen LogP contribution is -2.39. The van der Waals surface area contributed by atoms with Crippen LogP contribution in [0.4, 0.5) is 0 Å². The van der Waals surface area contributed by atoms with E-state index in [0.717, 1.165) is 14.4 Å². The van der Waals surface area contributed by atoms with Crippen LogP contribution in [-0.2, 0) is 10.2 Å². The molecule has 0 spiro atoms. The maximum absolute atomic E-state index is 11.0. The van der Waals surface area contributed by atoms with Crippen molar-refractivity contribution in [2.45, 2.75) is 18.3 Å². The molecule has 78 valence electrons. The Bertz CT molecular complexity index is 452. The summed E-state index contributed by atoms with van der Waals surface area (Å²) in [4.78, 5) is 11.9. The second-order valence-corrected chi connectivity index (χ2v) is 5.41. The number of nitriles is 1. The molecule has 3 nitrogen and oxygen atoms in total. The molecular weight excluding hydrogens is 278 g/mol. The van der Waals surface area contributed by atoms with Crippen LogP contribution in [0.5, 0.6) is 5.06 Å². The van der Waals surface area contributed by atoms with Crippen LogP contribution >= 0.6 is 27.3 Å². The van der Waals surface area contributed by atoms with E-state index in [9.17, 15) is 4.79 Å². The molecule has 2 rings (SSSR count).